The van der Waals surface area contributed by atoms with E-state index < -0.39 is 5.82 Å². The van der Waals surface area contributed by atoms with Crippen LogP contribution < -0.4 is 5.73 Å². The molecular weight excluding hydrogens is 274 g/mol. The molecule has 18 heavy (non-hydrogen) atoms. The van der Waals surface area contributed by atoms with Gasteiger partial charge in [-0.25, -0.2) is 4.39 Å². The fraction of sp³-hybridized carbons (Fsp3) is 0.538. The van der Waals surface area contributed by atoms with Gasteiger partial charge in [0.05, 0.1) is 5.02 Å². The number of benzene rings is 1. The molecule has 5 heteroatoms. The van der Waals surface area contributed by atoms with Crippen LogP contribution in [0.2, 0.25) is 10.0 Å². The largest absolute Gasteiger partial charge is 0.329 e. The van der Waals surface area contributed by atoms with Gasteiger partial charge in [-0.05, 0) is 44.0 Å². The van der Waals surface area contributed by atoms with Crippen LogP contribution in [0.3, 0.4) is 0 Å². The number of hydrogen-bond acceptors (Lipinski definition) is 2. The van der Waals surface area contributed by atoms with Crippen LogP contribution in [0.15, 0.2) is 12.1 Å². The lowest BCUT2D eigenvalue weighted by Crippen LogP contribution is -2.37. The molecule has 1 heterocycles. The maximum Gasteiger partial charge on any atom is 0.142 e. The van der Waals surface area contributed by atoms with Crippen molar-refractivity contribution in [3.05, 3.63) is 33.6 Å². The number of hydrogen-bond donors (Lipinski definition) is 1. The van der Waals surface area contributed by atoms with Gasteiger partial charge in [-0.2, -0.15) is 0 Å². The van der Waals surface area contributed by atoms with E-state index in [0.717, 1.165) is 24.9 Å². The highest BCUT2D eigenvalue weighted by Crippen LogP contribution is 2.34. The summed E-state index contributed by atoms with van der Waals surface area (Å²) in [6.45, 7) is 3.63. The second-order valence-corrected chi connectivity index (χ2v) is 5.55. The summed E-state index contributed by atoms with van der Waals surface area (Å²) >= 11 is 11.9. The van der Waals surface area contributed by atoms with E-state index in [9.17, 15) is 4.39 Å². The van der Waals surface area contributed by atoms with Gasteiger partial charge in [0, 0.05) is 23.7 Å². The first-order chi connectivity index (χ1) is 8.54. The van der Waals surface area contributed by atoms with E-state index in [1.165, 1.54) is 12.1 Å². The molecule has 0 amide bonds. The van der Waals surface area contributed by atoms with Crippen LogP contribution in [0.4, 0.5) is 4.39 Å². The number of nitrogens with two attached hydrogens (primary N) is 1. The Hall–Kier alpha value is -0.350. The minimum atomic E-state index is -0.425. The number of rotatable bonds is 3. The summed E-state index contributed by atoms with van der Waals surface area (Å²) in [6.07, 6.45) is 2.22. The zero-order valence-electron chi connectivity index (χ0n) is 10.3. The lowest BCUT2D eigenvalue weighted by molar-refractivity contribution is 0.196. The summed E-state index contributed by atoms with van der Waals surface area (Å²) in [5, 5.41) is 0.573. The van der Waals surface area contributed by atoms with E-state index in [4.69, 9.17) is 28.9 Å². The lowest BCUT2D eigenvalue weighted by Gasteiger charge is -2.30. The average molecular weight is 291 g/mol. The van der Waals surface area contributed by atoms with E-state index in [0.29, 0.717) is 17.6 Å². The second kappa shape index (κ2) is 5.74. The molecule has 1 aliphatic heterocycles. The molecule has 0 bridgehead atoms. The van der Waals surface area contributed by atoms with Gasteiger partial charge in [-0.3, -0.25) is 4.90 Å². The summed E-state index contributed by atoms with van der Waals surface area (Å²) < 4.78 is 13.6. The van der Waals surface area contributed by atoms with Crippen LogP contribution in [0.1, 0.15) is 31.4 Å². The van der Waals surface area contributed by atoms with Crippen LogP contribution in [0, 0.1) is 5.82 Å². The third kappa shape index (κ3) is 2.64. The molecule has 0 radical (unpaired) electrons. The number of likely N-dealkylation sites (tertiary alicyclic amines) is 1. The first-order valence-corrected chi connectivity index (χ1v) is 6.90. The molecule has 1 aromatic carbocycles. The molecule has 1 aliphatic rings. The highest BCUT2D eigenvalue weighted by Gasteiger charge is 2.29. The van der Waals surface area contributed by atoms with E-state index in [1.807, 2.05) is 6.92 Å². The SMILES string of the molecule is CC(c1cc(F)c(Cl)cc1Cl)N1CCCC1CN. The molecule has 100 valence electrons. The maximum atomic E-state index is 13.6. The molecule has 0 aromatic heterocycles. The summed E-state index contributed by atoms with van der Waals surface area (Å²) in [4.78, 5) is 2.29. The van der Waals surface area contributed by atoms with Gasteiger partial charge < -0.3 is 5.73 Å². The maximum absolute atomic E-state index is 13.6. The monoisotopic (exact) mass is 290 g/mol. The molecule has 1 aromatic rings. The van der Waals surface area contributed by atoms with Gasteiger partial charge in [-0.15, -0.1) is 0 Å². The average Bonchev–Trinajstić information content (AvgIpc) is 2.81. The van der Waals surface area contributed by atoms with Crippen molar-refractivity contribution in [2.75, 3.05) is 13.1 Å². The highest BCUT2D eigenvalue weighted by atomic mass is 35.5. The Balaban J connectivity index is 2.28. The molecule has 0 spiro atoms. The summed E-state index contributed by atoms with van der Waals surface area (Å²) in [7, 11) is 0. The topological polar surface area (TPSA) is 29.3 Å². The summed E-state index contributed by atoms with van der Waals surface area (Å²) in [6, 6.07) is 3.31. The van der Waals surface area contributed by atoms with Gasteiger partial charge in [0.1, 0.15) is 5.82 Å². The first kappa shape index (κ1) is 14.1. The predicted octanol–water partition coefficient (Wildman–Crippen LogP) is 3.62. The Bertz CT molecular complexity index is 439. The second-order valence-electron chi connectivity index (χ2n) is 4.73. The van der Waals surface area contributed by atoms with Crippen LogP contribution in [-0.2, 0) is 0 Å². The van der Waals surface area contributed by atoms with Crippen molar-refractivity contribution in [1.82, 2.24) is 4.90 Å². The molecule has 1 saturated heterocycles. The Morgan fingerprint density at radius 3 is 2.83 bits per heavy atom. The van der Waals surface area contributed by atoms with Crippen LogP contribution >= 0.6 is 23.2 Å². The molecule has 2 rings (SSSR count). The van der Waals surface area contributed by atoms with E-state index in [2.05, 4.69) is 4.90 Å². The Morgan fingerprint density at radius 1 is 1.44 bits per heavy atom. The van der Waals surface area contributed by atoms with E-state index in [1.54, 1.807) is 0 Å². The van der Waals surface area contributed by atoms with Gasteiger partial charge >= 0.3 is 0 Å². The molecular formula is C13H17Cl2FN2. The third-order valence-electron chi connectivity index (χ3n) is 3.68. The van der Waals surface area contributed by atoms with Crippen LogP contribution in [0.5, 0.6) is 0 Å². The van der Waals surface area contributed by atoms with Crippen molar-refractivity contribution in [3.8, 4) is 0 Å². The standard InChI is InChI=1S/C13H17Cl2FN2/c1-8(18-4-2-3-9(18)7-17)10-5-13(16)12(15)6-11(10)14/h5-6,8-9H,2-4,7,17H2,1H3. The minimum Gasteiger partial charge on any atom is -0.329 e. The zero-order valence-corrected chi connectivity index (χ0v) is 11.8. The summed E-state index contributed by atoms with van der Waals surface area (Å²) in [5.74, 6) is -0.425. The number of nitrogens with zero attached hydrogens (tertiary/aromatic N) is 1. The molecule has 1 fully saturated rings. The first-order valence-electron chi connectivity index (χ1n) is 6.15. The fourth-order valence-electron chi connectivity index (χ4n) is 2.66. The Labute approximate surface area is 117 Å². The fourth-order valence-corrected chi connectivity index (χ4v) is 3.20. The van der Waals surface area contributed by atoms with Gasteiger partial charge in [0.25, 0.3) is 0 Å². The molecule has 2 nitrogen and oxygen atoms in total. The molecule has 0 saturated carbocycles. The number of halogens is 3. The van der Waals surface area contributed by atoms with Crippen LogP contribution in [0.25, 0.3) is 0 Å². The Kier molecular flexibility index (Phi) is 4.49. The highest BCUT2D eigenvalue weighted by molar-refractivity contribution is 6.35. The zero-order chi connectivity index (χ0) is 13.3. The van der Waals surface area contributed by atoms with Crippen molar-refractivity contribution in [2.45, 2.75) is 31.8 Å². The quantitative estimate of drug-likeness (QED) is 0.862. The molecule has 2 unspecified atom stereocenters. The normalized spacial score (nSPS) is 22.4. The predicted molar refractivity (Wildman–Crippen MR) is 73.6 cm³/mol. The van der Waals surface area contributed by atoms with Crippen molar-refractivity contribution in [1.29, 1.82) is 0 Å². The van der Waals surface area contributed by atoms with E-state index >= 15 is 0 Å². The van der Waals surface area contributed by atoms with E-state index in [-0.39, 0.29) is 11.1 Å². The van der Waals surface area contributed by atoms with Crippen molar-refractivity contribution < 1.29 is 4.39 Å². The lowest BCUT2D eigenvalue weighted by atomic mass is 10.1. The molecule has 2 atom stereocenters. The molecule has 0 aliphatic carbocycles. The van der Waals surface area contributed by atoms with Crippen molar-refractivity contribution in [2.24, 2.45) is 5.73 Å². The van der Waals surface area contributed by atoms with Gasteiger partial charge in [0.2, 0.25) is 0 Å². The Morgan fingerprint density at radius 2 is 2.17 bits per heavy atom. The smallest absolute Gasteiger partial charge is 0.142 e. The molecule has 2 N–H and O–H groups in total. The van der Waals surface area contributed by atoms with Crippen LogP contribution in [-0.4, -0.2) is 24.0 Å². The van der Waals surface area contributed by atoms with Gasteiger partial charge in [0.15, 0.2) is 0 Å². The third-order valence-corrected chi connectivity index (χ3v) is 4.30. The van der Waals surface area contributed by atoms with Crippen molar-refractivity contribution in [3.63, 3.8) is 0 Å². The van der Waals surface area contributed by atoms with Gasteiger partial charge in [-0.1, -0.05) is 23.2 Å². The minimum absolute atomic E-state index is 0.0558. The summed E-state index contributed by atoms with van der Waals surface area (Å²) in [5.41, 5.74) is 6.54. The van der Waals surface area contributed by atoms with Crippen molar-refractivity contribution >= 4 is 23.2 Å².